The molecule has 2 aliphatic heterocycles. The Labute approximate surface area is 222 Å². The van der Waals surface area contributed by atoms with Crippen molar-refractivity contribution in [2.24, 2.45) is 5.41 Å². The summed E-state index contributed by atoms with van der Waals surface area (Å²) in [5.41, 5.74) is 1.54. The van der Waals surface area contributed by atoms with Gasteiger partial charge in [-0.05, 0) is 72.9 Å². The van der Waals surface area contributed by atoms with E-state index < -0.39 is 11.3 Å². The number of amides is 3. The number of hydrogen-bond acceptors (Lipinski definition) is 4. The zero-order chi connectivity index (χ0) is 26.4. The standard InChI is InChI=1S/C28H30BClFN3O3/c1-27(29,10-8-24(36)32-17-35)34-15-22-20(26(34)37)6-7-21(25(22)31)23-9-13-33(16-28(23)11-12-28)14-18-2-4-19(30)5-3-18/h2-7,17,23H,8-16H2,1H3,(H,32,35,36). The molecule has 2 radical (unpaired) electrons. The summed E-state index contributed by atoms with van der Waals surface area (Å²) in [6.07, 6.45) is 3.45. The summed E-state index contributed by atoms with van der Waals surface area (Å²) in [4.78, 5) is 39.2. The van der Waals surface area contributed by atoms with Crippen molar-refractivity contribution in [2.75, 3.05) is 13.1 Å². The van der Waals surface area contributed by atoms with Gasteiger partial charge in [0.15, 0.2) is 0 Å². The van der Waals surface area contributed by atoms with Crippen LogP contribution in [-0.2, 0) is 22.7 Å². The average Bonchev–Trinajstić information content (AvgIpc) is 3.53. The number of carbonyl (C=O) groups excluding carboxylic acids is 3. The SMILES string of the molecule is [B]C(C)(CCC(=O)NC=O)N1Cc2c(ccc(C3CCN(Cc4ccc(Cl)cc4)CC34CC4)c2F)C1=O. The van der Waals surface area contributed by atoms with Gasteiger partial charge in [0.25, 0.3) is 5.91 Å². The number of likely N-dealkylation sites (tertiary alicyclic amines) is 1. The molecule has 3 aliphatic rings. The molecule has 0 bridgehead atoms. The maximum absolute atomic E-state index is 16.0. The van der Waals surface area contributed by atoms with Crippen LogP contribution in [0.1, 0.15) is 72.0 Å². The van der Waals surface area contributed by atoms with Gasteiger partial charge in [-0.25, -0.2) is 4.39 Å². The molecule has 2 aromatic rings. The minimum Gasteiger partial charge on any atom is -0.337 e. The van der Waals surface area contributed by atoms with E-state index in [2.05, 4.69) is 22.3 Å². The van der Waals surface area contributed by atoms with Crippen molar-refractivity contribution in [2.45, 2.75) is 63.5 Å². The first kappa shape index (κ1) is 25.9. The van der Waals surface area contributed by atoms with Crippen LogP contribution >= 0.6 is 11.6 Å². The minimum absolute atomic E-state index is 0.0172. The highest BCUT2D eigenvalue weighted by Crippen LogP contribution is 2.60. The lowest BCUT2D eigenvalue weighted by Crippen LogP contribution is -2.47. The summed E-state index contributed by atoms with van der Waals surface area (Å²) in [6.45, 7) is 4.37. The molecule has 1 saturated carbocycles. The molecular weight excluding hydrogens is 492 g/mol. The lowest BCUT2D eigenvalue weighted by molar-refractivity contribution is -0.125. The van der Waals surface area contributed by atoms with Gasteiger partial charge in [-0.15, -0.1) is 0 Å². The largest absolute Gasteiger partial charge is 0.337 e. The number of nitrogens with one attached hydrogen (secondary N) is 1. The van der Waals surface area contributed by atoms with Crippen molar-refractivity contribution in [3.63, 3.8) is 0 Å². The first-order valence-electron chi connectivity index (χ1n) is 12.8. The summed E-state index contributed by atoms with van der Waals surface area (Å²) in [7, 11) is 6.41. The molecule has 2 fully saturated rings. The number of benzene rings is 2. The fourth-order valence-corrected chi connectivity index (χ4v) is 6.20. The summed E-state index contributed by atoms with van der Waals surface area (Å²) in [6, 6.07) is 11.5. The Morgan fingerprint density at radius 2 is 2.00 bits per heavy atom. The van der Waals surface area contributed by atoms with Crippen LogP contribution in [0.5, 0.6) is 0 Å². The van der Waals surface area contributed by atoms with E-state index in [-0.39, 0.29) is 42.4 Å². The lowest BCUT2D eigenvalue weighted by atomic mass is 9.74. The van der Waals surface area contributed by atoms with E-state index in [0.29, 0.717) is 23.1 Å². The molecule has 2 heterocycles. The highest BCUT2D eigenvalue weighted by molar-refractivity contribution is 6.30. The van der Waals surface area contributed by atoms with Crippen LogP contribution in [0.15, 0.2) is 36.4 Å². The second-order valence-corrected chi connectivity index (χ2v) is 11.4. The van der Waals surface area contributed by atoms with Crippen LogP contribution in [0, 0.1) is 11.2 Å². The Hall–Kier alpha value is -2.71. The van der Waals surface area contributed by atoms with Crippen molar-refractivity contribution in [3.05, 3.63) is 69.5 Å². The topological polar surface area (TPSA) is 69.7 Å². The Morgan fingerprint density at radius 1 is 1.27 bits per heavy atom. The van der Waals surface area contributed by atoms with E-state index in [0.717, 1.165) is 43.9 Å². The van der Waals surface area contributed by atoms with E-state index in [1.165, 1.54) is 10.5 Å². The molecular formula is C28H30BClFN3O3. The number of fused-ring (bicyclic) bond motifs is 1. The predicted molar refractivity (Wildman–Crippen MR) is 140 cm³/mol. The van der Waals surface area contributed by atoms with Gasteiger partial charge in [0, 0.05) is 47.6 Å². The summed E-state index contributed by atoms with van der Waals surface area (Å²) in [5.74, 6) is -0.994. The van der Waals surface area contributed by atoms with Gasteiger partial charge in [-0.2, -0.15) is 0 Å². The van der Waals surface area contributed by atoms with E-state index in [4.69, 9.17) is 19.4 Å². The summed E-state index contributed by atoms with van der Waals surface area (Å²) >= 11 is 6.03. The number of piperidine rings is 1. The zero-order valence-electron chi connectivity index (χ0n) is 20.9. The van der Waals surface area contributed by atoms with Crippen molar-refractivity contribution >= 4 is 37.7 Å². The van der Waals surface area contributed by atoms with Gasteiger partial charge in [0.1, 0.15) is 13.7 Å². The van der Waals surface area contributed by atoms with Crippen molar-refractivity contribution in [1.29, 1.82) is 0 Å². The van der Waals surface area contributed by atoms with Crippen LogP contribution < -0.4 is 5.32 Å². The summed E-state index contributed by atoms with van der Waals surface area (Å²) < 4.78 is 16.0. The zero-order valence-corrected chi connectivity index (χ0v) is 21.7. The molecule has 1 spiro atoms. The number of hydrogen-bond donors (Lipinski definition) is 1. The Balaban J connectivity index is 1.31. The predicted octanol–water partition coefficient (Wildman–Crippen LogP) is 4.14. The van der Waals surface area contributed by atoms with Crippen molar-refractivity contribution < 1.29 is 18.8 Å². The highest BCUT2D eigenvalue weighted by atomic mass is 35.5. The molecule has 2 aromatic carbocycles. The molecule has 6 nitrogen and oxygen atoms in total. The Bertz CT molecular complexity index is 1230. The smallest absolute Gasteiger partial charge is 0.254 e. The van der Waals surface area contributed by atoms with Crippen molar-refractivity contribution in [3.8, 4) is 0 Å². The molecule has 3 amide bonds. The van der Waals surface area contributed by atoms with Crippen LogP contribution in [0.25, 0.3) is 0 Å². The molecule has 5 rings (SSSR count). The third-order valence-electron chi connectivity index (χ3n) is 8.36. The minimum atomic E-state index is -1.16. The number of rotatable bonds is 8. The van der Waals surface area contributed by atoms with Gasteiger partial charge in [-0.3, -0.25) is 24.6 Å². The van der Waals surface area contributed by atoms with E-state index in [1.54, 1.807) is 19.1 Å². The van der Waals surface area contributed by atoms with Crippen LogP contribution in [0.4, 0.5) is 4.39 Å². The highest BCUT2D eigenvalue weighted by Gasteiger charge is 2.53. The van der Waals surface area contributed by atoms with Crippen LogP contribution in [0.3, 0.4) is 0 Å². The third-order valence-corrected chi connectivity index (χ3v) is 8.61. The molecule has 192 valence electrons. The molecule has 2 unspecified atom stereocenters. The molecule has 1 N–H and O–H groups in total. The number of imide groups is 1. The number of halogens is 2. The average molecular weight is 522 g/mol. The Kier molecular flexibility index (Phi) is 6.92. The second-order valence-electron chi connectivity index (χ2n) is 11.0. The van der Waals surface area contributed by atoms with Crippen molar-refractivity contribution in [1.82, 2.24) is 15.1 Å². The van der Waals surface area contributed by atoms with E-state index in [9.17, 15) is 14.4 Å². The second kappa shape index (κ2) is 9.88. The fraction of sp³-hybridized carbons (Fsp3) is 0.464. The quantitative estimate of drug-likeness (QED) is 0.419. The molecule has 37 heavy (non-hydrogen) atoms. The molecule has 9 heteroatoms. The first-order valence-corrected chi connectivity index (χ1v) is 13.1. The van der Waals surface area contributed by atoms with Gasteiger partial charge < -0.3 is 4.90 Å². The third kappa shape index (κ3) is 5.06. The van der Waals surface area contributed by atoms with Gasteiger partial charge in [0.05, 0.1) is 0 Å². The lowest BCUT2D eigenvalue weighted by Gasteiger charge is -2.40. The van der Waals surface area contributed by atoms with E-state index >= 15 is 4.39 Å². The fourth-order valence-electron chi connectivity index (χ4n) is 6.08. The number of carbonyl (C=O) groups is 3. The molecule has 1 aliphatic carbocycles. The Morgan fingerprint density at radius 3 is 2.68 bits per heavy atom. The molecule has 1 saturated heterocycles. The number of nitrogens with zero attached hydrogens (tertiary/aromatic N) is 2. The van der Waals surface area contributed by atoms with Crippen LogP contribution in [0.2, 0.25) is 5.02 Å². The van der Waals surface area contributed by atoms with Gasteiger partial charge in [0.2, 0.25) is 12.3 Å². The van der Waals surface area contributed by atoms with Gasteiger partial charge in [-0.1, -0.05) is 36.7 Å². The first-order chi connectivity index (χ1) is 17.6. The van der Waals surface area contributed by atoms with Crippen LogP contribution in [-0.4, -0.2) is 54.4 Å². The maximum Gasteiger partial charge on any atom is 0.254 e. The monoisotopic (exact) mass is 521 g/mol. The molecule has 0 aromatic heterocycles. The molecule has 2 atom stereocenters. The summed E-state index contributed by atoms with van der Waals surface area (Å²) in [5, 5.41) is 2.80. The van der Waals surface area contributed by atoms with Gasteiger partial charge >= 0.3 is 0 Å². The maximum atomic E-state index is 16.0. The normalized spacial score (nSPS) is 22.0. The van der Waals surface area contributed by atoms with E-state index in [1.807, 2.05) is 12.1 Å².